The maximum absolute atomic E-state index is 12.0. The Labute approximate surface area is 126 Å². The van der Waals surface area contributed by atoms with Gasteiger partial charge >= 0.3 is 0 Å². The molecule has 4 N–H and O–H groups in total. The first kappa shape index (κ1) is 15.0. The molecule has 0 radical (unpaired) electrons. The number of nitrogens with one attached hydrogen (secondary N) is 2. The number of anilines is 1. The highest BCUT2D eigenvalue weighted by Crippen LogP contribution is 2.14. The van der Waals surface area contributed by atoms with E-state index in [4.69, 9.17) is 5.73 Å². The molecule has 0 unspecified atom stereocenters. The van der Waals surface area contributed by atoms with Crippen LogP contribution in [0.25, 0.3) is 0 Å². The van der Waals surface area contributed by atoms with Crippen LogP contribution in [0, 0.1) is 0 Å². The molecule has 0 fully saturated rings. The molecule has 0 atom stereocenters. The van der Waals surface area contributed by atoms with Crippen LogP contribution >= 0.6 is 15.9 Å². The first-order chi connectivity index (χ1) is 9.47. The highest BCUT2D eigenvalue weighted by atomic mass is 79.9. The molecule has 2 rings (SSSR count). The molecule has 0 saturated carbocycles. The van der Waals surface area contributed by atoms with E-state index in [1.54, 1.807) is 30.5 Å². The molecule has 6 nitrogen and oxygen atoms in total. The van der Waals surface area contributed by atoms with Crippen LogP contribution in [-0.2, 0) is 16.4 Å². The second-order valence-corrected chi connectivity index (χ2v) is 6.93. The van der Waals surface area contributed by atoms with E-state index in [1.165, 1.54) is 0 Å². The van der Waals surface area contributed by atoms with Crippen molar-refractivity contribution in [3.63, 3.8) is 0 Å². The number of sulfonamides is 1. The van der Waals surface area contributed by atoms with E-state index in [0.717, 1.165) is 10.2 Å². The lowest BCUT2D eigenvalue weighted by atomic mass is 10.2. The number of nitrogen functional groups attached to an aromatic ring is 1. The van der Waals surface area contributed by atoms with Gasteiger partial charge in [-0.3, -0.25) is 0 Å². The molecule has 2 aromatic rings. The Hall–Kier alpha value is -1.38. The fourth-order valence-corrected chi connectivity index (χ4v) is 3.02. The van der Waals surface area contributed by atoms with Crippen molar-refractivity contribution < 1.29 is 8.42 Å². The summed E-state index contributed by atoms with van der Waals surface area (Å²) >= 11 is 3.27. The molecule has 0 bridgehead atoms. The molecule has 0 spiro atoms. The first-order valence-corrected chi connectivity index (χ1v) is 8.29. The fourth-order valence-electron chi connectivity index (χ4n) is 1.69. The number of halogens is 1. The number of aromatic amines is 1. The maximum Gasteiger partial charge on any atom is 0.240 e. The van der Waals surface area contributed by atoms with Crippen LogP contribution in [0.1, 0.15) is 12.1 Å². The molecule has 108 valence electrons. The van der Waals surface area contributed by atoms with Gasteiger partial charge in [-0.25, -0.2) is 18.1 Å². The zero-order chi connectivity index (χ0) is 14.6. The molecular weight excluding hydrogens is 344 g/mol. The van der Waals surface area contributed by atoms with E-state index in [1.807, 2.05) is 0 Å². The summed E-state index contributed by atoms with van der Waals surface area (Å²) in [7, 11) is -3.45. The first-order valence-electron chi connectivity index (χ1n) is 6.02. The standard InChI is InChI=1S/C12H15BrN4O2S/c13-9-3-5-11(6-4-9)20(18,19)16-7-1-2-10-8-15-12(14)17-10/h3-6,8,16H,1-2,7H2,(H3,14,15,17). The van der Waals surface area contributed by atoms with E-state index in [-0.39, 0.29) is 4.90 Å². The van der Waals surface area contributed by atoms with Gasteiger partial charge in [0, 0.05) is 16.7 Å². The third kappa shape index (κ3) is 4.06. The molecular formula is C12H15BrN4O2S. The summed E-state index contributed by atoms with van der Waals surface area (Å²) in [5.74, 6) is 0.371. The van der Waals surface area contributed by atoms with E-state index < -0.39 is 10.0 Å². The smallest absolute Gasteiger partial charge is 0.240 e. The van der Waals surface area contributed by atoms with Crippen molar-refractivity contribution in [3.8, 4) is 0 Å². The quantitative estimate of drug-likeness (QED) is 0.683. The van der Waals surface area contributed by atoms with Crippen molar-refractivity contribution in [2.45, 2.75) is 17.7 Å². The summed E-state index contributed by atoms with van der Waals surface area (Å²) in [6.07, 6.45) is 3.00. The number of rotatable bonds is 6. The number of hydrogen-bond donors (Lipinski definition) is 3. The predicted octanol–water partition coefficient (Wildman–Crippen LogP) is 1.67. The monoisotopic (exact) mass is 358 g/mol. The van der Waals surface area contributed by atoms with Gasteiger partial charge in [0.05, 0.1) is 11.1 Å². The van der Waals surface area contributed by atoms with Gasteiger partial charge in [-0.15, -0.1) is 0 Å². The summed E-state index contributed by atoms with van der Waals surface area (Å²) in [6, 6.07) is 6.51. The van der Waals surface area contributed by atoms with Crippen molar-refractivity contribution in [1.82, 2.24) is 14.7 Å². The van der Waals surface area contributed by atoms with Crippen LogP contribution in [0.15, 0.2) is 39.8 Å². The van der Waals surface area contributed by atoms with Gasteiger partial charge in [-0.1, -0.05) is 15.9 Å². The van der Waals surface area contributed by atoms with Crippen LogP contribution in [0.3, 0.4) is 0 Å². The van der Waals surface area contributed by atoms with Gasteiger partial charge in [0.25, 0.3) is 0 Å². The van der Waals surface area contributed by atoms with Gasteiger partial charge in [0.15, 0.2) is 5.95 Å². The lowest BCUT2D eigenvalue weighted by Crippen LogP contribution is -2.25. The van der Waals surface area contributed by atoms with Gasteiger partial charge in [0.2, 0.25) is 10.0 Å². The van der Waals surface area contributed by atoms with Crippen LogP contribution in [0.4, 0.5) is 5.95 Å². The largest absolute Gasteiger partial charge is 0.369 e. The van der Waals surface area contributed by atoms with Gasteiger partial charge in [-0.05, 0) is 37.1 Å². The predicted molar refractivity (Wildman–Crippen MR) is 80.7 cm³/mol. The zero-order valence-electron chi connectivity index (χ0n) is 10.6. The van der Waals surface area contributed by atoms with Crippen LogP contribution in [0.2, 0.25) is 0 Å². The third-order valence-electron chi connectivity index (χ3n) is 2.69. The van der Waals surface area contributed by atoms with Crippen molar-refractivity contribution in [2.24, 2.45) is 0 Å². The fraction of sp³-hybridized carbons (Fsp3) is 0.250. The minimum atomic E-state index is -3.45. The third-order valence-corrected chi connectivity index (χ3v) is 4.69. The molecule has 0 amide bonds. The molecule has 1 aromatic heterocycles. The van der Waals surface area contributed by atoms with E-state index in [2.05, 4.69) is 30.6 Å². The lowest BCUT2D eigenvalue weighted by Gasteiger charge is -2.06. The molecule has 1 heterocycles. The molecule has 20 heavy (non-hydrogen) atoms. The number of hydrogen-bond acceptors (Lipinski definition) is 4. The van der Waals surface area contributed by atoms with Gasteiger partial charge < -0.3 is 10.7 Å². The highest BCUT2D eigenvalue weighted by Gasteiger charge is 2.12. The van der Waals surface area contributed by atoms with Crippen LogP contribution in [-0.4, -0.2) is 24.9 Å². The Kier molecular flexibility index (Phi) is 4.79. The van der Waals surface area contributed by atoms with Crippen molar-refractivity contribution in [3.05, 3.63) is 40.6 Å². The molecule has 8 heteroatoms. The Bertz CT molecular complexity index is 667. The summed E-state index contributed by atoms with van der Waals surface area (Å²) in [4.78, 5) is 7.03. The molecule has 0 aliphatic heterocycles. The maximum atomic E-state index is 12.0. The summed E-state index contributed by atoms with van der Waals surface area (Å²) < 4.78 is 27.4. The van der Waals surface area contributed by atoms with E-state index in [9.17, 15) is 8.42 Å². The van der Waals surface area contributed by atoms with Gasteiger partial charge in [-0.2, -0.15) is 0 Å². The lowest BCUT2D eigenvalue weighted by molar-refractivity contribution is 0.578. The summed E-state index contributed by atoms with van der Waals surface area (Å²) in [6.45, 7) is 0.358. The minimum absolute atomic E-state index is 0.256. The number of nitrogens with zero attached hydrogens (tertiary/aromatic N) is 1. The highest BCUT2D eigenvalue weighted by molar-refractivity contribution is 9.10. The Morgan fingerprint density at radius 3 is 2.60 bits per heavy atom. The summed E-state index contributed by atoms with van der Waals surface area (Å²) in [5.41, 5.74) is 6.35. The van der Waals surface area contributed by atoms with Crippen molar-refractivity contribution in [2.75, 3.05) is 12.3 Å². The summed E-state index contributed by atoms with van der Waals surface area (Å²) in [5, 5.41) is 0. The normalized spacial score (nSPS) is 11.7. The van der Waals surface area contributed by atoms with Crippen LogP contribution in [0.5, 0.6) is 0 Å². The van der Waals surface area contributed by atoms with E-state index >= 15 is 0 Å². The molecule has 0 saturated heterocycles. The number of benzene rings is 1. The van der Waals surface area contributed by atoms with Gasteiger partial charge in [0.1, 0.15) is 0 Å². The zero-order valence-corrected chi connectivity index (χ0v) is 13.0. The minimum Gasteiger partial charge on any atom is -0.369 e. The SMILES string of the molecule is Nc1ncc(CCCNS(=O)(=O)c2ccc(Br)cc2)[nH]1. The van der Waals surface area contributed by atoms with Crippen molar-refractivity contribution in [1.29, 1.82) is 0 Å². The number of H-pyrrole nitrogens is 1. The number of imidazole rings is 1. The number of aryl methyl sites for hydroxylation is 1. The topological polar surface area (TPSA) is 101 Å². The molecule has 1 aromatic carbocycles. The van der Waals surface area contributed by atoms with E-state index in [0.29, 0.717) is 25.3 Å². The molecule has 0 aliphatic rings. The Morgan fingerprint density at radius 1 is 1.30 bits per heavy atom. The average Bonchev–Trinajstić information content (AvgIpc) is 2.81. The van der Waals surface area contributed by atoms with Crippen LogP contribution < -0.4 is 10.5 Å². The Morgan fingerprint density at radius 2 is 2.00 bits per heavy atom. The van der Waals surface area contributed by atoms with Crippen molar-refractivity contribution >= 4 is 31.9 Å². The average molecular weight is 359 g/mol. The Balaban J connectivity index is 1.85. The number of nitrogens with two attached hydrogens (primary N) is 1. The number of aromatic nitrogens is 2. The second kappa shape index (κ2) is 6.38. The molecule has 0 aliphatic carbocycles. The second-order valence-electron chi connectivity index (χ2n) is 4.25.